The topological polar surface area (TPSA) is 25.8 Å². The predicted octanol–water partition coefficient (Wildman–Crippen LogP) is 9.12. The summed E-state index contributed by atoms with van der Waals surface area (Å²) >= 11 is 0. The Kier molecular flexibility index (Phi) is 6.14. The molecule has 1 aromatic heterocycles. The Labute approximate surface area is 218 Å². The van der Waals surface area contributed by atoms with Gasteiger partial charge in [0, 0.05) is 16.7 Å². The highest BCUT2D eigenvalue weighted by atomic mass is 14.9. The molecule has 0 N–H and O–H groups in total. The van der Waals surface area contributed by atoms with Gasteiger partial charge in [-0.1, -0.05) is 133 Å². The average Bonchev–Trinajstić information content (AvgIpc) is 2.98. The van der Waals surface area contributed by atoms with E-state index < -0.39 is 0 Å². The fourth-order valence-corrected chi connectivity index (χ4v) is 4.61. The molecule has 0 bridgehead atoms. The van der Waals surface area contributed by atoms with Gasteiger partial charge in [0.15, 0.2) is 5.82 Å². The lowest BCUT2D eigenvalue weighted by atomic mass is 9.99. The smallest absolute Gasteiger partial charge is 0.160 e. The quantitative estimate of drug-likeness (QED) is 0.249. The van der Waals surface area contributed by atoms with Crippen molar-refractivity contribution in [3.8, 4) is 56.2 Å². The summed E-state index contributed by atoms with van der Waals surface area (Å²) in [6.45, 7) is 2.12. The number of hydrogen-bond acceptors (Lipinski definition) is 2. The molecular weight excluding hydrogens is 448 g/mol. The number of aromatic nitrogens is 2. The van der Waals surface area contributed by atoms with Crippen LogP contribution in [-0.2, 0) is 0 Å². The highest BCUT2D eigenvalue weighted by Crippen LogP contribution is 2.31. The summed E-state index contributed by atoms with van der Waals surface area (Å²) in [4.78, 5) is 9.99. The Balaban J connectivity index is 1.45. The lowest BCUT2D eigenvalue weighted by Gasteiger charge is -2.11. The Morgan fingerprint density at radius 3 is 1.51 bits per heavy atom. The summed E-state index contributed by atoms with van der Waals surface area (Å²) < 4.78 is 0. The van der Waals surface area contributed by atoms with Crippen LogP contribution in [0.1, 0.15) is 5.56 Å². The van der Waals surface area contributed by atoms with Gasteiger partial charge in [-0.25, -0.2) is 9.97 Å². The Morgan fingerprint density at radius 1 is 0.351 bits per heavy atom. The van der Waals surface area contributed by atoms with Crippen LogP contribution < -0.4 is 0 Å². The van der Waals surface area contributed by atoms with Crippen LogP contribution in [0.3, 0.4) is 0 Å². The number of aryl methyl sites for hydroxylation is 1. The summed E-state index contributed by atoms with van der Waals surface area (Å²) in [7, 11) is 0. The summed E-state index contributed by atoms with van der Waals surface area (Å²) in [6.07, 6.45) is 0. The number of hydrogen-bond donors (Lipinski definition) is 0. The van der Waals surface area contributed by atoms with Gasteiger partial charge in [-0.05, 0) is 41.3 Å². The maximum Gasteiger partial charge on any atom is 0.160 e. The molecule has 0 spiro atoms. The van der Waals surface area contributed by atoms with Crippen molar-refractivity contribution in [3.05, 3.63) is 145 Å². The molecule has 5 aromatic carbocycles. The molecule has 0 atom stereocenters. The predicted molar refractivity (Wildman–Crippen MR) is 154 cm³/mol. The van der Waals surface area contributed by atoms with Crippen LogP contribution >= 0.6 is 0 Å². The molecule has 0 fully saturated rings. The molecule has 0 aliphatic rings. The van der Waals surface area contributed by atoms with E-state index in [1.807, 2.05) is 24.3 Å². The zero-order valence-electron chi connectivity index (χ0n) is 20.7. The van der Waals surface area contributed by atoms with E-state index in [1.165, 1.54) is 27.8 Å². The molecule has 0 aliphatic heterocycles. The van der Waals surface area contributed by atoms with Gasteiger partial charge in [0.2, 0.25) is 0 Å². The first-order valence-corrected chi connectivity index (χ1v) is 12.5. The van der Waals surface area contributed by atoms with Gasteiger partial charge in [0.25, 0.3) is 0 Å². The van der Waals surface area contributed by atoms with Gasteiger partial charge in [-0.2, -0.15) is 0 Å². The van der Waals surface area contributed by atoms with E-state index in [-0.39, 0.29) is 0 Å². The van der Waals surface area contributed by atoms with Crippen LogP contribution in [0.2, 0.25) is 0 Å². The number of nitrogens with zero attached hydrogens (tertiary/aromatic N) is 2. The molecule has 176 valence electrons. The molecule has 0 saturated heterocycles. The molecule has 2 nitrogen and oxygen atoms in total. The Morgan fingerprint density at radius 2 is 0.838 bits per heavy atom. The molecule has 0 amide bonds. The second kappa shape index (κ2) is 10.0. The van der Waals surface area contributed by atoms with Crippen molar-refractivity contribution in [2.24, 2.45) is 0 Å². The normalized spacial score (nSPS) is 10.8. The summed E-state index contributed by atoms with van der Waals surface area (Å²) in [6, 6.07) is 48.5. The summed E-state index contributed by atoms with van der Waals surface area (Å²) in [5, 5.41) is 0. The van der Waals surface area contributed by atoms with E-state index in [0.29, 0.717) is 0 Å². The van der Waals surface area contributed by atoms with Gasteiger partial charge in [-0.15, -0.1) is 0 Å². The zero-order valence-corrected chi connectivity index (χ0v) is 20.7. The van der Waals surface area contributed by atoms with E-state index in [9.17, 15) is 0 Å². The first-order valence-electron chi connectivity index (χ1n) is 12.5. The largest absolute Gasteiger partial charge is 0.228 e. The minimum Gasteiger partial charge on any atom is -0.228 e. The first-order chi connectivity index (χ1) is 18.2. The van der Waals surface area contributed by atoms with Crippen molar-refractivity contribution in [1.82, 2.24) is 9.97 Å². The lowest BCUT2D eigenvalue weighted by Crippen LogP contribution is -1.96. The van der Waals surface area contributed by atoms with Crippen molar-refractivity contribution >= 4 is 0 Å². The minimum atomic E-state index is 0.723. The second-order valence-electron chi connectivity index (χ2n) is 9.22. The van der Waals surface area contributed by atoms with Gasteiger partial charge in [-0.3, -0.25) is 0 Å². The van der Waals surface area contributed by atoms with Gasteiger partial charge in [0.1, 0.15) is 0 Å². The molecule has 0 radical (unpaired) electrons. The van der Waals surface area contributed by atoms with Crippen LogP contribution in [0, 0.1) is 6.92 Å². The van der Waals surface area contributed by atoms with Crippen molar-refractivity contribution in [1.29, 1.82) is 0 Å². The number of rotatable bonds is 5. The standard InChI is InChI=1S/C35H26N2/c1-25-10-8-15-30(22-25)31-16-9-17-32(23-31)34-24-33(36-35(37-34)29-13-6-3-7-14-29)28-20-18-27(19-21-28)26-11-4-2-5-12-26/h2-24H,1H3. The van der Waals surface area contributed by atoms with E-state index in [4.69, 9.17) is 9.97 Å². The van der Waals surface area contributed by atoms with Crippen molar-refractivity contribution < 1.29 is 0 Å². The van der Waals surface area contributed by atoms with E-state index in [0.717, 1.165) is 33.9 Å². The molecule has 2 heteroatoms. The van der Waals surface area contributed by atoms with E-state index in [2.05, 4.69) is 122 Å². The fourth-order valence-electron chi connectivity index (χ4n) is 4.61. The molecular formula is C35H26N2. The lowest BCUT2D eigenvalue weighted by molar-refractivity contribution is 1.18. The highest BCUT2D eigenvalue weighted by Gasteiger charge is 2.12. The number of benzene rings is 5. The minimum absolute atomic E-state index is 0.723. The third-order valence-electron chi connectivity index (χ3n) is 6.56. The molecule has 6 aromatic rings. The molecule has 1 heterocycles. The third-order valence-corrected chi connectivity index (χ3v) is 6.56. The Hall–Kier alpha value is -4.82. The van der Waals surface area contributed by atoms with Crippen molar-refractivity contribution in [2.75, 3.05) is 0 Å². The van der Waals surface area contributed by atoms with Gasteiger partial charge >= 0.3 is 0 Å². The van der Waals surface area contributed by atoms with Crippen LogP contribution in [0.5, 0.6) is 0 Å². The van der Waals surface area contributed by atoms with Gasteiger partial charge in [0.05, 0.1) is 11.4 Å². The van der Waals surface area contributed by atoms with Crippen LogP contribution in [-0.4, -0.2) is 9.97 Å². The molecule has 37 heavy (non-hydrogen) atoms. The average molecular weight is 475 g/mol. The first kappa shape index (κ1) is 22.6. The van der Waals surface area contributed by atoms with E-state index >= 15 is 0 Å². The molecule has 0 unspecified atom stereocenters. The maximum atomic E-state index is 5.01. The molecule has 0 aliphatic carbocycles. The highest BCUT2D eigenvalue weighted by molar-refractivity contribution is 5.77. The monoisotopic (exact) mass is 474 g/mol. The third kappa shape index (κ3) is 4.96. The zero-order chi connectivity index (χ0) is 25.0. The van der Waals surface area contributed by atoms with Crippen molar-refractivity contribution in [3.63, 3.8) is 0 Å². The second-order valence-corrected chi connectivity index (χ2v) is 9.22. The van der Waals surface area contributed by atoms with E-state index in [1.54, 1.807) is 0 Å². The summed E-state index contributed by atoms with van der Waals surface area (Å²) in [5.74, 6) is 0.723. The van der Waals surface area contributed by atoms with Gasteiger partial charge < -0.3 is 0 Å². The van der Waals surface area contributed by atoms with Crippen molar-refractivity contribution in [2.45, 2.75) is 6.92 Å². The van der Waals surface area contributed by atoms with Crippen LogP contribution in [0.25, 0.3) is 56.2 Å². The van der Waals surface area contributed by atoms with Crippen LogP contribution in [0.4, 0.5) is 0 Å². The molecule has 6 rings (SSSR count). The maximum absolute atomic E-state index is 5.01. The Bertz CT molecular complexity index is 1650. The SMILES string of the molecule is Cc1cccc(-c2cccc(-c3cc(-c4ccc(-c5ccccc5)cc4)nc(-c4ccccc4)n3)c2)c1. The fraction of sp³-hybridized carbons (Fsp3) is 0.0286. The van der Waals surface area contributed by atoms with Crippen LogP contribution in [0.15, 0.2) is 140 Å². The summed E-state index contributed by atoms with van der Waals surface area (Å²) in [5.41, 5.74) is 11.0. The molecule has 0 saturated carbocycles.